The highest BCUT2D eigenvalue weighted by atomic mass is 15.3. The maximum atomic E-state index is 5.48. The van der Waals surface area contributed by atoms with Crippen molar-refractivity contribution < 1.29 is 0 Å². The van der Waals surface area contributed by atoms with E-state index in [1.54, 1.807) is 6.20 Å². The smallest absolute Gasteiger partial charge is 0.164 e. The number of nitrogen functional groups attached to an aromatic ring is 1. The number of aryl methyl sites for hydroxylation is 1. The van der Waals surface area contributed by atoms with Crippen LogP contribution >= 0.6 is 0 Å². The number of hydrogen-bond acceptors (Lipinski definition) is 5. The maximum Gasteiger partial charge on any atom is 0.164 e. The van der Waals surface area contributed by atoms with Gasteiger partial charge in [-0.05, 0) is 18.6 Å². The number of rotatable bonds is 3. The minimum Gasteiger partial charge on any atom is -0.308 e. The Morgan fingerprint density at radius 2 is 2.00 bits per heavy atom. The Bertz CT molecular complexity index is 727. The summed E-state index contributed by atoms with van der Waals surface area (Å²) in [6.07, 6.45) is 2.60. The largest absolute Gasteiger partial charge is 0.308 e. The van der Waals surface area contributed by atoms with Gasteiger partial charge >= 0.3 is 0 Å². The fourth-order valence-electron chi connectivity index (χ4n) is 2.16. The van der Waals surface area contributed by atoms with E-state index in [0.29, 0.717) is 11.6 Å². The van der Waals surface area contributed by atoms with Gasteiger partial charge in [-0.3, -0.25) is 4.98 Å². The highest BCUT2D eigenvalue weighted by Gasteiger charge is 2.09. The Labute approximate surface area is 116 Å². The Kier molecular flexibility index (Phi) is 3.26. The van der Waals surface area contributed by atoms with Crippen molar-refractivity contribution in [3.05, 3.63) is 48.3 Å². The predicted octanol–water partition coefficient (Wildman–Crippen LogP) is 2.54. The first-order chi connectivity index (χ1) is 9.81. The Balaban J connectivity index is 2.25. The highest BCUT2D eigenvalue weighted by Crippen LogP contribution is 2.25. The number of hydrazine groups is 1. The molecular weight excluding hydrogens is 250 g/mol. The second-order valence-electron chi connectivity index (χ2n) is 4.45. The van der Waals surface area contributed by atoms with Gasteiger partial charge in [0.05, 0.1) is 5.52 Å². The number of nitrogens with two attached hydrogens (primary N) is 1. The van der Waals surface area contributed by atoms with E-state index in [4.69, 9.17) is 5.84 Å². The van der Waals surface area contributed by atoms with E-state index in [-0.39, 0.29) is 0 Å². The van der Waals surface area contributed by atoms with Gasteiger partial charge in [-0.15, -0.1) is 0 Å². The van der Waals surface area contributed by atoms with Gasteiger partial charge < -0.3 is 5.43 Å². The molecule has 0 aliphatic heterocycles. The van der Waals surface area contributed by atoms with E-state index in [2.05, 4.69) is 20.4 Å². The number of pyridine rings is 1. The van der Waals surface area contributed by atoms with Crippen molar-refractivity contribution in [2.45, 2.75) is 13.3 Å². The first kappa shape index (κ1) is 12.5. The molecule has 20 heavy (non-hydrogen) atoms. The van der Waals surface area contributed by atoms with Crippen molar-refractivity contribution in [2.75, 3.05) is 5.43 Å². The summed E-state index contributed by atoms with van der Waals surface area (Å²) in [6, 6.07) is 11.8. The average molecular weight is 265 g/mol. The molecule has 3 N–H and O–H groups in total. The molecule has 0 amide bonds. The summed E-state index contributed by atoms with van der Waals surface area (Å²) < 4.78 is 0. The lowest BCUT2D eigenvalue weighted by atomic mass is 10.1. The first-order valence-corrected chi connectivity index (χ1v) is 6.50. The van der Waals surface area contributed by atoms with Crippen LogP contribution in [0.2, 0.25) is 0 Å². The van der Waals surface area contributed by atoms with Gasteiger partial charge in [-0.25, -0.2) is 15.8 Å². The fourth-order valence-corrected chi connectivity index (χ4v) is 2.16. The lowest BCUT2D eigenvalue weighted by Gasteiger charge is -2.08. The second kappa shape index (κ2) is 5.22. The van der Waals surface area contributed by atoms with Crippen molar-refractivity contribution in [1.82, 2.24) is 15.0 Å². The van der Waals surface area contributed by atoms with Gasteiger partial charge in [0.2, 0.25) is 0 Å². The molecule has 0 fully saturated rings. The lowest BCUT2D eigenvalue weighted by molar-refractivity contribution is 1.00. The van der Waals surface area contributed by atoms with Gasteiger partial charge in [0.25, 0.3) is 0 Å². The number of anilines is 1. The van der Waals surface area contributed by atoms with E-state index in [0.717, 1.165) is 28.6 Å². The normalized spacial score (nSPS) is 10.7. The fraction of sp³-hybridized carbons (Fsp3) is 0.133. The Morgan fingerprint density at radius 1 is 1.15 bits per heavy atom. The summed E-state index contributed by atoms with van der Waals surface area (Å²) in [4.78, 5) is 13.4. The standard InChI is InChI=1S/C15H15N5/c1-2-11-9-13(20-16)19-15(18-11)12-7-3-5-10-6-4-8-17-14(10)12/h3-9H,2,16H2,1H3,(H,18,19,20). The third-order valence-electron chi connectivity index (χ3n) is 3.16. The van der Waals surface area contributed by atoms with E-state index < -0.39 is 0 Å². The maximum absolute atomic E-state index is 5.48. The molecule has 0 aliphatic carbocycles. The number of fused-ring (bicyclic) bond motifs is 1. The predicted molar refractivity (Wildman–Crippen MR) is 80.0 cm³/mol. The van der Waals surface area contributed by atoms with Crippen LogP contribution in [0.5, 0.6) is 0 Å². The Hall–Kier alpha value is -2.53. The van der Waals surface area contributed by atoms with Gasteiger partial charge in [0.1, 0.15) is 5.82 Å². The van der Waals surface area contributed by atoms with Crippen LogP contribution in [0, 0.1) is 0 Å². The molecule has 1 aromatic carbocycles. The topological polar surface area (TPSA) is 76.7 Å². The zero-order valence-electron chi connectivity index (χ0n) is 11.2. The zero-order chi connectivity index (χ0) is 13.9. The van der Waals surface area contributed by atoms with Crippen LogP contribution in [-0.2, 0) is 6.42 Å². The summed E-state index contributed by atoms with van der Waals surface area (Å²) in [5, 5.41) is 1.07. The molecule has 2 heterocycles. The van der Waals surface area contributed by atoms with E-state index in [1.165, 1.54) is 0 Å². The van der Waals surface area contributed by atoms with E-state index in [1.807, 2.05) is 43.3 Å². The van der Waals surface area contributed by atoms with Crippen molar-refractivity contribution in [3.63, 3.8) is 0 Å². The SMILES string of the molecule is CCc1cc(NN)nc(-c2cccc3cccnc23)n1. The molecule has 5 nitrogen and oxygen atoms in total. The molecule has 0 bridgehead atoms. The molecule has 2 aromatic heterocycles. The molecule has 0 saturated carbocycles. The molecule has 0 saturated heterocycles. The molecule has 0 unspecified atom stereocenters. The van der Waals surface area contributed by atoms with Crippen LogP contribution in [0.1, 0.15) is 12.6 Å². The third-order valence-corrected chi connectivity index (χ3v) is 3.16. The van der Waals surface area contributed by atoms with Gasteiger partial charge in [-0.2, -0.15) is 0 Å². The summed E-state index contributed by atoms with van der Waals surface area (Å²) in [6.45, 7) is 2.05. The van der Waals surface area contributed by atoms with Gasteiger partial charge in [-0.1, -0.05) is 25.1 Å². The van der Waals surface area contributed by atoms with Crippen LogP contribution in [0.4, 0.5) is 5.82 Å². The van der Waals surface area contributed by atoms with Crippen LogP contribution < -0.4 is 11.3 Å². The van der Waals surface area contributed by atoms with E-state index in [9.17, 15) is 0 Å². The zero-order valence-corrected chi connectivity index (χ0v) is 11.2. The van der Waals surface area contributed by atoms with Crippen molar-refractivity contribution >= 4 is 16.7 Å². The third kappa shape index (κ3) is 2.19. The number of hydrogen-bond donors (Lipinski definition) is 2. The quantitative estimate of drug-likeness (QED) is 0.562. The van der Waals surface area contributed by atoms with Crippen LogP contribution in [0.15, 0.2) is 42.6 Å². The Morgan fingerprint density at radius 3 is 2.80 bits per heavy atom. The molecule has 3 aromatic rings. The van der Waals surface area contributed by atoms with Gasteiger partial charge in [0.15, 0.2) is 5.82 Å². The number of nitrogens with zero attached hydrogens (tertiary/aromatic N) is 3. The molecule has 0 atom stereocenters. The number of para-hydroxylation sites is 1. The van der Waals surface area contributed by atoms with Gasteiger partial charge in [0, 0.05) is 28.9 Å². The molecule has 100 valence electrons. The second-order valence-corrected chi connectivity index (χ2v) is 4.45. The van der Waals surface area contributed by atoms with Crippen molar-refractivity contribution in [2.24, 2.45) is 5.84 Å². The number of benzene rings is 1. The highest BCUT2D eigenvalue weighted by molar-refractivity contribution is 5.91. The average Bonchev–Trinajstić information content (AvgIpc) is 2.53. The van der Waals surface area contributed by atoms with Crippen LogP contribution in [0.25, 0.3) is 22.3 Å². The summed E-state index contributed by atoms with van der Waals surface area (Å²) in [5.74, 6) is 6.73. The summed E-state index contributed by atoms with van der Waals surface area (Å²) in [7, 11) is 0. The van der Waals surface area contributed by atoms with Crippen molar-refractivity contribution in [3.8, 4) is 11.4 Å². The van der Waals surface area contributed by atoms with Crippen molar-refractivity contribution in [1.29, 1.82) is 0 Å². The van der Waals surface area contributed by atoms with E-state index >= 15 is 0 Å². The van der Waals surface area contributed by atoms with Crippen LogP contribution in [0.3, 0.4) is 0 Å². The number of nitrogens with one attached hydrogen (secondary N) is 1. The molecule has 0 aliphatic rings. The summed E-state index contributed by atoms with van der Waals surface area (Å²) in [5.41, 5.74) is 5.34. The molecule has 5 heteroatoms. The minimum atomic E-state index is 0.611. The molecule has 0 spiro atoms. The first-order valence-electron chi connectivity index (χ1n) is 6.50. The summed E-state index contributed by atoms with van der Waals surface area (Å²) >= 11 is 0. The molecule has 0 radical (unpaired) electrons. The molecule has 3 rings (SSSR count). The monoisotopic (exact) mass is 265 g/mol. The number of aromatic nitrogens is 3. The minimum absolute atomic E-state index is 0.611. The van der Waals surface area contributed by atoms with Crippen LogP contribution in [-0.4, -0.2) is 15.0 Å². The lowest BCUT2D eigenvalue weighted by Crippen LogP contribution is -2.10. The molecular formula is C15H15N5.